The number of hydrogen-bond acceptors (Lipinski definition) is 1. The standard InChI is InChI=1S/C15H21BrO/c1-10-7-13(8-11(2)15(10)16)14(17)9-12-5-3-4-6-12/h7-8,12,14,17H,3-6,9H2,1-2H3. The van der Waals surface area contributed by atoms with Crippen LogP contribution in [0.15, 0.2) is 16.6 Å². The van der Waals surface area contributed by atoms with Crippen LogP contribution < -0.4 is 0 Å². The number of halogens is 1. The summed E-state index contributed by atoms with van der Waals surface area (Å²) >= 11 is 3.57. The lowest BCUT2D eigenvalue weighted by Gasteiger charge is -2.17. The maximum Gasteiger partial charge on any atom is 0.0792 e. The number of benzene rings is 1. The van der Waals surface area contributed by atoms with Crippen molar-refractivity contribution in [1.29, 1.82) is 0 Å². The molecule has 1 aliphatic rings. The Labute approximate surface area is 112 Å². The molecule has 0 amide bonds. The maximum absolute atomic E-state index is 10.3. The normalized spacial score (nSPS) is 18.6. The van der Waals surface area contributed by atoms with Gasteiger partial charge in [-0.3, -0.25) is 0 Å². The van der Waals surface area contributed by atoms with Crippen molar-refractivity contribution in [2.75, 3.05) is 0 Å². The van der Waals surface area contributed by atoms with Gasteiger partial charge in [-0.1, -0.05) is 53.7 Å². The average molecular weight is 297 g/mol. The predicted molar refractivity (Wildman–Crippen MR) is 75.2 cm³/mol. The van der Waals surface area contributed by atoms with Crippen molar-refractivity contribution >= 4 is 15.9 Å². The summed E-state index contributed by atoms with van der Waals surface area (Å²) in [4.78, 5) is 0. The van der Waals surface area contributed by atoms with E-state index < -0.39 is 0 Å². The third kappa shape index (κ3) is 3.11. The minimum atomic E-state index is -0.288. The monoisotopic (exact) mass is 296 g/mol. The first kappa shape index (κ1) is 13.1. The van der Waals surface area contributed by atoms with Crippen molar-refractivity contribution in [2.45, 2.75) is 52.1 Å². The summed E-state index contributed by atoms with van der Waals surface area (Å²) in [5, 5.41) is 10.3. The first-order valence-electron chi connectivity index (χ1n) is 6.52. The Morgan fingerprint density at radius 2 is 1.76 bits per heavy atom. The highest BCUT2D eigenvalue weighted by atomic mass is 79.9. The molecule has 0 heterocycles. The lowest BCUT2D eigenvalue weighted by molar-refractivity contribution is 0.145. The van der Waals surface area contributed by atoms with Gasteiger partial charge in [0.15, 0.2) is 0 Å². The summed E-state index contributed by atoms with van der Waals surface area (Å²) in [7, 11) is 0. The summed E-state index contributed by atoms with van der Waals surface area (Å²) < 4.78 is 1.16. The molecule has 0 radical (unpaired) electrons. The molecule has 0 bridgehead atoms. The molecule has 17 heavy (non-hydrogen) atoms. The second kappa shape index (κ2) is 5.53. The van der Waals surface area contributed by atoms with Crippen LogP contribution in [0.1, 0.15) is 54.9 Å². The molecule has 1 unspecified atom stereocenters. The van der Waals surface area contributed by atoms with Gasteiger partial charge in [0.05, 0.1) is 6.10 Å². The van der Waals surface area contributed by atoms with Crippen LogP contribution in [0.2, 0.25) is 0 Å². The van der Waals surface area contributed by atoms with E-state index in [4.69, 9.17) is 0 Å². The number of aliphatic hydroxyl groups excluding tert-OH is 1. The van der Waals surface area contributed by atoms with Gasteiger partial charge in [-0.25, -0.2) is 0 Å². The van der Waals surface area contributed by atoms with Crippen LogP contribution in [0.3, 0.4) is 0 Å². The Bertz CT molecular complexity index is 371. The molecule has 1 nitrogen and oxygen atoms in total. The SMILES string of the molecule is Cc1cc(C(O)CC2CCCC2)cc(C)c1Br. The van der Waals surface area contributed by atoms with E-state index in [-0.39, 0.29) is 6.10 Å². The fourth-order valence-electron chi connectivity index (χ4n) is 2.87. The highest BCUT2D eigenvalue weighted by molar-refractivity contribution is 9.10. The number of hydrogen-bond donors (Lipinski definition) is 1. The molecule has 1 atom stereocenters. The summed E-state index contributed by atoms with van der Waals surface area (Å²) in [6, 6.07) is 4.22. The first-order chi connectivity index (χ1) is 8.08. The van der Waals surface area contributed by atoms with Gasteiger partial charge < -0.3 is 5.11 Å². The smallest absolute Gasteiger partial charge is 0.0792 e. The fraction of sp³-hybridized carbons (Fsp3) is 0.600. The van der Waals surface area contributed by atoms with Gasteiger partial charge in [0.25, 0.3) is 0 Å². The molecule has 94 valence electrons. The van der Waals surface area contributed by atoms with Gasteiger partial charge in [-0.15, -0.1) is 0 Å². The molecule has 1 saturated carbocycles. The van der Waals surface area contributed by atoms with E-state index in [2.05, 4.69) is 41.9 Å². The van der Waals surface area contributed by atoms with Crippen LogP contribution in [0.25, 0.3) is 0 Å². The van der Waals surface area contributed by atoms with Crippen LogP contribution in [0.4, 0.5) is 0 Å². The molecule has 2 rings (SSSR count). The number of aryl methyl sites for hydroxylation is 2. The Hall–Kier alpha value is -0.340. The van der Waals surface area contributed by atoms with Crippen LogP contribution >= 0.6 is 15.9 Å². The van der Waals surface area contributed by atoms with Crippen LogP contribution in [-0.4, -0.2) is 5.11 Å². The lowest BCUT2D eigenvalue weighted by atomic mass is 9.94. The van der Waals surface area contributed by atoms with Gasteiger partial charge in [0.2, 0.25) is 0 Å². The second-order valence-corrected chi connectivity index (χ2v) is 6.16. The minimum absolute atomic E-state index is 0.288. The van der Waals surface area contributed by atoms with E-state index in [9.17, 15) is 5.11 Å². The van der Waals surface area contributed by atoms with E-state index >= 15 is 0 Å². The Morgan fingerprint density at radius 3 is 2.29 bits per heavy atom. The lowest BCUT2D eigenvalue weighted by Crippen LogP contribution is -2.05. The molecule has 0 saturated heterocycles. The summed E-state index contributed by atoms with van der Waals surface area (Å²) in [6.45, 7) is 4.17. The van der Waals surface area contributed by atoms with E-state index in [0.29, 0.717) is 0 Å². The molecule has 1 aromatic rings. The van der Waals surface area contributed by atoms with Crippen molar-refractivity contribution in [3.8, 4) is 0 Å². The zero-order valence-electron chi connectivity index (χ0n) is 10.7. The van der Waals surface area contributed by atoms with Crippen molar-refractivity contribution in [3.63, 3.8) is 0 Å². The molecule has 1 aromatic carbocycles. The van der Waals surface area contributed by atoms with Gasteiger partial charge in [-0.05, 0) is 42.9 Å². The average Bonchev–Trinajstić information content (AvgIpc) is 2.77. The van der Waals surface area contributed by atoms with Gasteiger partial charge in [0, 0.05) is 4.47 Å². The fourth-order valence-corrected chi connectivity index (χ4v) is 3.10. The zero-order valence-corrected chi connectivity index (χ0v) is 12.3. The molecule has 1 N–H and O–H groups in total. The van der Waals surface area contributed by atoms with Crippen LogP contribution in [0, 0.1) is 19.8 Å². The molecule has 0 spiro atoms. The van der Waals surface area contributed by atoms with Crippen LogP contribution in [-0.2, 0) is 0 Å². The molecule has 2 heteroatoms. The molecular formula is C15H21BrO. The molecule has 0 aliphatic heterocycles. The largest absolute Gasteiger partial charge is 0.388 e. The minimum Gasteiger partial charge on any atom is -0.388 e. The Morgan fingerprint density at radius 1 is 1.24 bits per heavy atom. The maximum atomic E-state index is 10.3. The summed E-state index contributed by atoms with van der Waals surface area (Å²) in [5.74, 6) is 0.731. The van der Waals surface area contributed by atoms with E-state index in [1.165, 1.54) is 36.8 Å². The highest BCUT2D eigenvalue weighted by Gasteiger charge is 2.20. The van der Waals surface area contributed by atoms with E-state index in [1.807, 2.05) is 0 Å². The van der Waals surface area contributed by atoms with E-state index in [1.54, 1.807) is 0 Å². The number of rotatable bonds is 3. The summed E-state index contributed by atoms with van der Waals surface area (Å²) in [6.07, 6.45) is 5.92. The highest BCUT2D eigenvalue weighted by Crippen LogP contribution is 2.34. The molecular weight excluding hydrogens is 276 g/mol. The summed E-state index contributed by atoms with van der Waals surface area (Å²) in [5.41, 5.74) is 3.51. The first-order valence-corrected chi connectivity index (χ1v) is 7.32. The zero-order chi connectivity index (χ0) is 12.4. The van der Waals surface area contributed by atoms with Crippen molar-refractivity contribution in [3.05, 3.63) is 33.3 Å². The van der Waals surface area contributed by atoms with Crippen LogP contribution in [0.5, 0.6) is 0 Å². The molecule has 0 aromatic heterocycles. The topological polar surface area (TPSA) is 20.2 Å². The third-order valence-electron chi connectivity index (χ3n) is 3.87. The van der Waals surface area contributed by atoms with Gasteiger partial charge in [0.1, 0.15) is 0 Å². The quantitative estimate of drug-likeness (QED) is 0.859. The van der Waals surface area contributed by atoms with E-state index in [0.717, 1.165) is 22.4 Å². The Balaban J connectivity index is 2.10. The number of aliphatic hydroxyl groups is 1. The van der Waals surface area contributed by atoms with Gasteiger partial charge in [-0.2, -0.15) is 0 Å². The van der Waals surface area contributed by atoms with Crippen molar-refractivity contribution in [1.82, 2.24) is 0 Å². The second-order valence-electron chi connectivity index (χ2n) is 5.37. The predicted octanol–water partition coefficient (Wildman–Crippen LogP) is 4.68. The molecule has 1 fully saturated rings. The van der Waals surface area contributed by atoms with Gasteiger partial charge >= 0.3 is 0 Å². The van der Waals surface area contributed by atoms with Crippen molar-refractivity contribution in [2.24, 2.45) is 5.92 Å². The third-order valence-corrected chi connectivity index (χ3v) is 5.13. The molecule has 1 aliphatic carbocycles. The van der Waals surface area contributed by atoms with Crippen molar-refractivity contribution < 1.29 is 5.11 Å². The Kier molecular flexibility index (Phi) is 4.26.